The van der Waals surface area contributed by atoms with E-state index in [2.05, 4.69) is 0 Å². The standard InChI is InChI=1S/C8H15F2NO/c9-8(10)5-11-4-2-1-3-7(11)6-12/h7-8,12H,1-6H2/t7-/m0/s1. The maximum Gasteiger partial charge on any atom is 0.251 e. The van der Waals surface area contributed by atoms with Gasteiger partial charge in [-0.25, -0.2) is 8.78 Å². The first kappa shape index (κ1) is 9.86. The molecule has 0 aromatic carbocycles. The lowest BCUT2D eigenvalue weighted by atomic mass is 10.0. The Morgan fingerprint density at radius 3 is 2.75 bits per heavy atom. The second-order valence-corrected chi connectivity index (χ2v) is 3.22. The van der Waals surface area contributed by atoms with E-state index in [-0.39, 0.29) is 19.2 Å². The van der Waals surface area contributed by atoms with Crippen LogP contribution < -0.4 is 0 Å². The number of piperidine rings is 1. The molecule has 1 N–H and O–H groups in total. The number of nitrogens with zero attached hydrogens (tertiary/aromatic N) is 1. The van der Waals surface area contributed by atoms with Gasteiger partial charge in [-0.1, -0.05) is 6.42 Å². The number of halogens is 2. The first-order valence-corrected chi connectivity index (χ1v) is 4.37. The van der Waals surface area contributed by atoms with Gasteiger partial charge in [-0.3, -0.25) is 4.90 Å². The molecule has 1 atom stereocenters. The molecule has 0 aliphatic carbocycles. The fourth-order valence-electron chi connectivity index (χ4n) is 1.68. The minimum absolute atomic E-state index is 0.00667. The first-order chi connectivity index (χ1) is 5.74. The largest absolute Gasteiger partial charge is 0.395 e. The SMILES string of the molecule is OC[C@@H]1CCCCN1CC(F)F. The lowest BCUT2D eigenvalue weighted by Crippen LogP contribution is -2.44. The molecule has 0 bridgehead atoms. The van der Waals surface area contributed by atoms with Gasteiger partial charge in [-0.2, -0.15) is 0 Å². The van der Waals surface area contributed by atoms with Crippen molar-refractivity contribution < 1.29 is 13.9 Å². The van der Waals surface area contributed by atoms with Crippen LogP contribution in [0.25, 0.3) is 0 Å². The van der Waals surface area contributed by atoms with Gasteiger partial charge in [0.2, 0.25) is 0 Å². The van der Waals surface area contributed by atoms with E-state index >= 15 is 0 Å². The van der Waals surface area contributed by atoms with E-state index in [0.29, 0.717) is 6.54 Å². The minimum Gasteiger partial charge on any atom is -0.395 e. The highest BCUT2D eigenvalue weighted by Crippen LogP contribution is 2.17. The van der Waals surface area contributed by atoms with Crippen LogP contribution >= 0.6 is 0 Å². The van der Waals surface area contributed by atoms with E-state index in [0.717, 1.165) is 19.3 Å². The Kier molecular flexibility index (Phi) is 3.88. The molecule has 4 heteroatoms. The van der Waals surface area contributed by atoms with Crippen molar-refractivity contribution in [2.75, 3.05) is 19.7 Å². The molecule has 0 amide bonds. The number of likely N-dealkylation sites (tertiary alicyclic amines) is 1. The van der Waals surface area contributed by atoms with Gasteiger partial charge in [-0.15, -0.1) is 0 Å². The van der Waals surface area contributed by atoms with Crippen LogP contribution in [-0.4, -0.2) is 42.2 Å². The van der Waals surface area contributed by atoms with Gasteiger partial charge in [0, 0.05) is 6.04 Å². The van der Waals surface area contributed by atoms with Gasteiger partial charge in [-0.05, 0) is 19.4 Å². The van der Waals surface area contributed by atoms with Gasteiger partial charge in [0.15, 0.2) is 0 Å². The fraction of sp³-hybridized carbons (Fsp3) is 1.00. The van der Waals surface area contributed by atoms with E-state index in [1.807, 2.05) is 0 Å². The third-order valence-corrected chi connectivity index (χ3v) is 2.33. The maximum absolute atomic E-state index is 12.0. The zero-order valence-corrected chi connectivity index (χ0v) is 7.05. The summed E-state index contributed by atoms with van der Waals surface area (Å²) in [7, 11) is 0. The summed E-state index contributed by atoms with van der Waals surface area (Å²) in [5, 5.41) is 8.89. The van der Waals surface area contributed by atoms with Crippen molar-refractivity contribution in [2.45, 2.75) is 31.7 Å². The Labute approximate surface area is 71.2 Å². The van der Waals surface area contributed by atoms with E-state index in [4.69, 9.17) is 5.11 Å². The lowest BCUT2D eigenvalue weighted by Gasteiger charge is -2.34. The summed E-state index contributed by atoms with van der Waals surface area (Å²) in [4.78, 5) is 1.69. The molecular formula is C8H15F2NO. The summed E-state index contributed by atoms with van der Waals surface area (Å²) < 4.78 is 24.0. The van der Waals surface area contributed by atoms with Gasteiger partial charge in [0.25, 0.3) is 6.43 Å². The Morgan fingerprint density at radius 2 is 2.17 bits per heavy atom. The van der Waals surface area contributed by atoms with Gasteiger partial charge in [0.1, 0.15) is 0 Å². The fourth-order valence-corrected chi connectivity index (χ4v) is 1.68. The van der Waals surface area contributed by atoms with Gasteiger partial charge >= 0.3 is 0 Å². The van der Waals surface area contributed by atoms with Crippen molar-refractivity contribution in [3.05, 3.63) is 0 Å². The summed E-state index contributed by atoms with van der Waals surface area (Å²) in [5.41, 5.74) is 0. The molecule has 0 saturated carbocycles. The molecule has 2 nitrogen and oxygen atoms in total. The summed E-state index contributed by atoms with van der Waals surface area (Å²) in [6, 6.07) is -0.0345. The number of hydrogen-bond acceptors (Lipinski definition) is 2. The maximum atomic E-state index is 12.0. The highest BCUT2D eigenvalue weighted by atomic mass is 19.3. The lowest BCUT2D eigenvalue weighted by molar-refractivity contribution is 0.0286. The third kappa shape index (κ3) is 2.68. The van der Waals surface area contributed by atoms with Crippen molar-refractivity contribution >= 4 is 0 Å². The summed E-state index contributed by atoms with van der Waals surface area (Å²) in [6.45, 7) is 0.521. The number of aliphatic hydroxyl groups excluding tert-OH is 1. The minimum atomic E-state index is -2.28. The molecule has 1 rings (SSSR count). The van der Waals surface area contributed by atoms with Crippen LogP contribution in [-0.2, 0) is 0 Å². The van der Waals surface area contributed by atoms with Crippen LogP contribution in [0.5, 0.6) is 0 Å². The number of rotatable bonds is 3. The average Bonchev–Trinajstić information content (AvgIpc) is 2.04. The number of hydrogen-bond donors (Lipinski definition) is 1. The van der Waals surface area contributed by atoms with Crippen LogP contribution in [0.1, 0.15) is 19.3 Å². The molecule has 0 unspecified atom stereocenters. The molecule has 12 heavy (non-hydrogen) atoms. The Bertz CT molecular complexity index is 132. The second kappa shape index (κ2) is 4.72. The van der Waals surface area contributed by atoms with Crippen LogP contribution in [0.15, 0.2) is 0 Å². The summed E-state index contributed by atoms with van der Waals surface area (Å²) in [6.07, 6.45) is 0.592. The molecule has 72 valence electrons. The smallest absolute Gasteiger partial charge is 0.251 e. The quantitative estimate of drug-likeness (QED) is 0.701. The van der Waals surface area contributed by atoms with E-state index in [1.165, 1.54) is 0 Å². The highest BCUT2D eigenvalue weighted by molar-refractivity contribution is 4.76. The predicted octanol–water partition coefficient (Wildman–Crippen LogP) is 1.10. The predicted molar refractivity (Wildman–Crippen MR) is 42.3 cm³/mol. The van der Waals surface area contributed by atoms with Crippen molar-refractivity contribution in [1.82, 2.24) is 4.90 Å². The zero-order valence-electron chi connectivity index (χ0n) is 7.05. The van der Waals surface area contributed by atoms with Crippen LogP contribution in [0.2, 0.25) is 0 Å². The molecule has 1 aliphatic heterocycles. The molecule has 1 saturated heterocycles. The molecule has 0 radical (unpaired) electrons. The van der Waals surface area contributed by atoms with Crippen molar-refractivity contribution in [3.63, 3.8) is 0 Å². The third-order valence-electron chi connectivity index (χ3n) is 2.33. The number of alkyl halides is 2. The first-order valence-electron chi connectivity index (χ1n) is 4.37. The molecule has 0 aromatic rings. The van der Waals surface area contributed by atoms with Crippen molar-refractivity contribution in [2.24, 2.45) is 0 Å². The van der Waals surface area contributed by atoms with E-state index in [9.17, 15) is 8.78 Å². The van der Waals surface area contributed by atoms with Crippen molar-refractivity contribution in [3.8, 4) is 0 Å². The molecular weight excluding hydrogens is 164 g/mol. The monoisotopic (exact) mass is 179 g/mol. The highest BCUT2D eigenvalue weighted by Gasteiger charge is 2.23. The van der Waals surface area contributed by atoms with Crippen LogP contribution in [0, 0.1) is 0 Å². The zero-order chi connectivity index (χ0) is 8.97. The molecule has 1 aliphatic rings. The summed E-state index contributed by atoms with van der Waals surface area (Å²) >= 11 is 0. The van der Waals surface area contributed by atoms with Crippen molar-refractivity contribution in [1.29, 1.82) is 0 Å². The number of aliphatic hydroxyl groups is 1. The topological polar surface area (TPSA) is 23.5 Å². The summed E-state index contributed by atoms with van der Waals surface area (Å²) in [5.74, 6) is 0. The Morgan fingerprint density at radius 1 is 1.42 bits per heavy atom. The molecule has 1 fully saturated rings. The van der Waals surface area contributed by atoms with E-state index < -0.39 is 6.43 Å². The van der Waals surface area contributed by atoms with Gasteiger partial charge in [0.05, 0.1) is 13.2 Å². The van der Waals surface area contributed by atoms with Crippen LogP contribution in [0.4, 0.5) is 8.78 Å². The molecule has 0 aromatic heterocycles. The van der Waals surface area contributed by atoms with E-state index in [1.54, 1.807) is 4.90 Å². The molecule has 0 spiro atoms. The second-order valence-electron chi connectivity index (χ2n) is 3.22. The average molecular weight is 179 g/mol. The van der Waals surface area contributed by atoms with Crippen LogP contribution in [0.3, 0.4) is 0 Å². The molecule has 1 heterocycles. The Hall–Kier alpha value is -0.220. The Balaban J connectivity index is 2.36. The normalized spacial score (nSPS) is 26.5. The van der Waals surface area contributed by atoms with Gasteiger partial charge < -0.3 is 5.11 Å².